The highest BCUT2D eigenvalue weighted by Crippen LogP contribution is 2.43. The Labute approximate surface area is 247 Å². The molecule has 1 aliphatic heterocycles. The highest BCUT2D eigenvalue weighted by molar-refractivity contribution is 6.17. The molecule has 1 spiro atoms. The lowest BCUT2D eigenvalue weighted by Crippen LogP contribution is -2.51. The van der Waals surface area contributed by atoms with E-state index in [1.165, 1.54) is 42.2 Å². The molecule has 15 heteroatoms. The molecule has 0 saturated carbocycles. The second-order valence-corrected chi connectivity index (χ2v) is 10.6. The third-order valence-electron chi connectivity index (χ3n) is 7.75. The topological polar surface area (TPSA) is 134 Å². The summed E-state index contributed by atoms with van der Waals surface area (Å²) in [5, 5.41) is 9.10. The number of hydrogen-bond donors (Lipinski definition) is 2. The Morgan fingerprint density at radius 2 is 1.80 bits per heavy atom. The van der Waals surface area contributed by atoms with Crippen LogP contribution in [0.1, 0.15) is 34.8 Å². The Hall–Kier alpha value is -5.08. The summed E-state index contributed by atoms with van der Waals surface area (Å²) in [6.07, 6.45) is -2.19. The van der Waals surface area contributed by atoms with Gasteiger partial charge < -0.3 is 15.5 Å². The number of carbonyl (C=O) groups is 5. The maximum Gasteiger partial charge on any atom is 0.408 e. The summed E-state index contributed by atoms with van der Waals surface area (Å²) in [5.41, 5.74) is -0.160. The largest absolute Gasteiger partial charge is 0.408 e. The fraction of sp³-hybridized carbons (Fsp3) is 0.310. The minimum Gasteiger partial charge on any atom is -0.358 e. The van der Waals surface area contributed by atoms with E-state index in [1.807, 2.05) is 0 Å². The van der Waals surface area contributed by atoms with Gasteiger partial charge in [0, 0.05) is 37.3 Å². The van der Waals surface area contributed by atoms with Crippen LogP contribution in [0.15, 0.2) is 54.9 Å². The molecule has 2 aromatic carbocycles. The minimum atomic E-state index is -4.83. The molecular weight excluding hydrogens is 588 g/mol. The van der Waals surface area contributed by atoms with Crippen LogP contribution in [0.2, 0.25) is 0 Å². The molecule has 44 heavy (non-hydrogen) atoms. The molecule has 5 amide bonds. The predicted octanol–water partition coefficient (Wildman–Crippen LogP) is 2.75. The number of likely N-dealkylation sites (N-methyl/N-ethyl adjacent to an activating group) is 1. The lowest BCUT2D eigenvalue weighted by atomic mass is 9.90. The van der Waals surface area contributed by atoms with Crippen molar-refractivity contribution in [3.05, 3.63) is 77.4 Å². The SMILES string of the molecule is CNC(=O)Cn1cc(-c2ccc3c(c2)C(=O)C[C@]32NC(=O)N(CC(=O)N(Cc3ccc(F)cc3)[C@@H](C)C(F)(F)F)C2=O)cn1. The van der Waals surface area contributed by atoms with Crippen LogP contribution in [0.5, 0.6) is 0 Å². The molecule has 1 saturated heterocycles. The molecule has 0 bridgehead atoms. The number of halogens is 4. The average molecular weight is 615 g/mol. The van der Waals surface area contributed by atoms with Crippen molar-refractivity contribution < 1.29 is 41.5 Å². The van der Waals surface area contributed by atoms with Crippen molar-refractivity contribution in [2.75, 3.05) is 13.6 Å². The second-order valence-electron chi connectivity index (χ2n) is 10.6. The van der Waals surface area contributed by atoms with Crippen LogP contribution >= 0.6 is 0 Å². The number of benzene rings is 2. The predicted molar refractivity (Wildman–Crippen MR) is 145 cm³/mol. The quantitative estimate of drug-likeness (QED) is 0.296. The maximum absolute atomic E-state index is 13.7. The van der Waals surface area contributed by atoms with Crippen LogP contribution in [-0.4, -0.2) is 74.9 Å². The fourth-order valence-corrected chi connectivity index (χ4v) is 5.29. The standard InChI is InChI=1S/C29H26F4N6O5/c1-16(29(31,32)33)38(12-17-3-6-20(30)7-4-17)25(42)15-39-26(43)28(36-27(39)44)10-23(40)21-9-18(5-8-22(21)28)19-11-35-37(13-19)14-24(41)34-2/h3-9,11,13,16H,10,12,14-15H2,1-2H3,(H,34,41)(H,36,44)/t16-,28-/m0/s1. The van der Waals surface area contributed by atoms with Gasteiger partial charge in [0.25, 0.3) is 5.91 Å². The first-order valence-corrected chi connectivity index (χ1v) is 13.4. The molecule has 0 unspecified atom stereocenters. The molecule has 2 heterocycles. The summed E-state index contributed by atoms with van der Waals surface area (Å²) in [4.78, 5) is 65.6. The van der Waals surface area contributed by atoms with Crippen LogP contribution in [0.3, 0.4) is 0 Å². The van der Waals surface area contributed by atoms with Crippen molar-refractivity contribution in [1.29, 1.82) is 0 Å². The van der Waals surface area contributed by atoms with Crippen LogP contribution in [0, 0.1) is 5.82 Å². The van der Waals surface area contributed by atoms with Gasteiger partial charge in [0.1, 0.15) is 24.9 Å². The van der Waals surface area contributed by atoms with Gasteiger partial charge in [0.2, 0.25) is 11.8 Å². The summed E-state index contributed by atoms with van der Waals surface area (Å²) in [7, 11) is 1.49. The molecule has 0 radical (unpaired) electrons. The highest BCUT2D eigenvalue weighted by atomic mass is 19.4. The maximum atomic E-state index is 13.7. The van der Waals surface area contributed by atoms with Gasteiger partial charge in [-0.15, -0.1) is 0 Å². The van der Waals surface area contributed by atoms with E-state index in [0.717, 1.165) is 19.1 Å². The number of rotatable bonds is 8. The zero-order chi connectivity index (χ0) is 32.0. The first-order chi connectivity index (χ1) is 20.7. The van der Waals surface area contributed by atoms with Gasteiger partial charge in [-0.05, 0) is 41.8 Å². The van der Waals surface area contributed by atoms with Gasteiger partial charge in [-0.2, -0.15) is 18.3 Å². The lowest BCUT2D eigenvalue weighted by Gasteiger charge is -2.32. The Morgan fingerprint density at radius 1 is 1.09 bits per heavy atom. The van der Waals surface area contributed by atoms with E-state index < -0.39 is 66.7 Å². The zero-order valence-corrected chi connectivity index (χ0v) is 23.4. The van der Waals surface area contributed by atoms with Crippen molar-refractivity contribution in [3.63, 3.8) is 0 Å². The Bertz CT molecular complexity index is 1670. The lowest BCUT2D eigenvalue weighted by molar-refractivity contribution is -0.187. The van der Waals surface area contributed by atoms with Gasteiger partial charge in [-0.3, -0.25) is 28.8 Å². The summed E-state index contributed by atoms with van der Waals surface area (Å²) < 4.78 is 55.8. The molecule has 3 aromatic rings. The second kappa shape index (κ2) is 11.2. The number of ketones is 1. The van der Waals surface area contributed by atoms with Crippen molar-refractivity contribution in [2.24, 2.45) is 0 Å². The number of aromatic nitrogens is 2. The molecule has 2 aliphatic rings. The number of hydrogen-bond acceptors (Lipinski definition) is 6. The number of nitrogens with one attached hydrogen (secondary N) is 2. The average Bonchev–Trinajstić information content (AvgIpc) is 3.62. The number of carbonyl (C=O) groups excluding carboxylic acids is 5. The molecule has 1 aliphatic carbocycles. The number of nitrogens with zero attached hydrogens (tertiary/aromatic N) is 4. The van der Waals surface area contributed by atoms with Gasteiger partial charge in [0.15, 0.2) is 11.3 Å². The van der Waals surface area contributed by atoms with Crippen molar-refractivity contribution >= 4 is 29.5 Å². The summed E-state index contributed by atoms with van der Waals surface area (Å²) >= 11 is 0. The molecular formula is C29H26F4N6O5. The van der Waals surface area contributed by atoms with Gasteiger partial charge in [-0.1, -0.05) is 24.3 Å². The minimum absolute atomic E-state index is 0.0261. The van der Waals surface area contributed by atoms with Gasteiger partial charge >= 0.3 is 12.2 Å². The molecule has 2 atom stereocenters. The number of Topliss-reactive ketones (excluding diaryl/α,β-unsaturated/α-hetero) is 1. The summed E-state index contributed by atoms with van der Waals surface area (Å²) in [6, 6.07) is 5.81. The monoisotopic (exact) mass is 614 g/mol. The Kier molecular flexibility index (Phi) is 7.74. The zero-order valence-electron chi connectivity index (χ0n) is 23.4. The van der Waals surface area contributed by atoms with E-state index in [9.17, 15) is 41.5 Å². The van der Waals surface area contributed by atoms with Crippen molar-refractivity contribution in [3.8, 4) is 11.1 Å². The number of amides is 5. The van der Waals surface area contributed by atoms with E-state index in [0.29, 0.717) is 20.9 Å². The van der Waals surface area contributed by atoms with Crippen LogP contribution < -0.4 is 10.6 Å². The molecule has 230 valence electrons. The molecule has 2 N–H and O–H groups in total. The van der Waals surface area contributed by atoms with E-state index in [2.05, 4.69) is 15.7 Å². The van der Waals surface area contributed by atoms with Crippen LogP contribution in [-0.2, 0) is 33.0 Å². The molecule has 11 nitrogen and oxygen atoms in total. The number of alkyl halides is 3. The van der Waals surface area contributed by atoms with Crippen LogP contribution in [0.4, 0.5) is 22.4 Å². The van der Waals surface area contributed by atoms with Gasteiger partial charge in [0.05, 0.1) is 6.20 Å². The van der Waals surface area contributed by atoms with E-state index in [4.69, 9.17) is 0 Å². The third kappa shape index (κ3) is 5.52. The van der Waals surface area contributed by atoms with E-state index >= 15 is 0 Å². The van der Waals surface area contributed by atoms with Crippen molar-refractivity contribution in [2.45, 2.75) is 44.2 Å². The normalized spacial score (nSPS) is 18.4. The first-order valence-electron chi connectivity index (χ1n) is 13.4. The summed E-state index contributed by atoms with van der Waals surface area (Å²) in [5.74, 6) is -3.47. The van der Waals surface area contributed by atoms with E-state index in [-0.39, 0.29) is 29.1 Å². The fourth-order valence-electron chi connectivity index (χ4n) is 5.29. The Balaban J connectivity index is 1.39. The smallest absolute Gasteiger partial charge is 0.358 e. The summed E-state index contributed by atoms with van der Waals surface area (Å²) in [6.45, 7) is -0.833. The molecule has 1 fully saturated rings. The number of urea groups is 1. The third-order valence-corrected chi connectivity index (χ3v) is 7.75. The van der Waals surface area contributed by atoms with E-state index in [1.54, 1.807) is 12.3 Å². The number of imide groups is 1. The van der Waals surface area contributed by atoms with Gasteiger partial charge in [-0.25, -0.2) is 9.18 Å². The van der Waals surface area contributed by atoms with Crippen molar-refractivity contribution in [1.82, 2.24) is 30.2 Å². The first kappa shape index (κ1) is 30.4. The molecule has 5 rings (SSSR count). The number of fused-ring (bicyclic) bond motifs is 2. The highest BCUT2D eigenvalue weighted by Gasteiger charge is 2.58. The van der Waals surface area contributed by atoms with Crippen LogP contribution in [0.25, 0.3) is 11.1 Å². The Morgan fingerprint density at radius 3 is 2.45 bits per heavy atom. The molecule has 1 aromatic heterocycles.